The topological polar surface area (TPSA) is 80.2 Å². The minimum atomic E-state index is -3.84. The van der Waals surface area contributed by atoms with E-state index < -0.39 is 15.8 Å². The number of benzene rings is 3. The molecule has 0 saturated carbocycles. The van der Waals surface area contributed by atoms with Crippen LogP contribution in [0.2, 0.25) is 0 Å². The van der Waals surface area contributed by atoms with Crippen molar-refractivity contribution in [1.82, 2.24) is 4.90 Å². The number of nitrogens with zero attached hydrogens (tertiary/aromatic N) is 2. The van der Waals surface area contributed by atoms with Gasteiger partial charge in [-0.3, -0.25) is 9.71 Å². The normalized spacial score (nSPS) is 19.6. The van der Waals surface area contributed by atoms with Crippen LogP contribution in [0.25, 0.3) is 0 Å². The molecule has 7 nitrogen and oxygen atoms in total. The Kier molecular flexibility index (Phi) is 6.44. The third-order valence-electron chi connectivity index (χ3n) is 6.82. The fraction of sp³-hybridized carbons (Fsp3) is 0.296. The monoisotopic (exact) mass is 509 g/mol. The molecule has 1 saturated heterocycles. The average molecular weight is 510 g/mol. The Morgan fingerprint density at radius 1 is 1.00 bits per heavy atom. The number of halogens is 1. The highest BCUT2D eigenvalue weighted by atomic mass is 32.2. The van der Waals surface area contributed by atoms with Gasteiger partial charge in [0.1, 0.15) is 5.82 Å². The van der Waals surface area contributed by atoms with Crippen LogP contribution in [0.1, 0.15) is 29.0 Å². The molecule has 0 unspecified atom stereocenters. The molecule has 0 aromatic heterocycles. The maximum Gasteiger partial charge on any atom is 0.261 e. The summed E-state index contributed by atoms with van der Waals surface area (Å²) in [6, 6.07) is 16.0. The second-order valence-electron chi connectivity index (χ2n) is 9.13. The van der Waals surface area contributed by atoms with Gasteiger partial charge in [0.25, 0.3) is 10.0 Å². The molecule has 3 aromatic rings. The van der Waals surface area contributed by atoms with Crippen molar-refractivity contribution in [3.63, 3.8) is 0 Å². The van der Waals surface area contributed by atoms with Gasteiger partial charge in [0.15, 0.2) is 11.5 Å². The fourth-order valence-electron chi connectivity index (χ4n) is 4.96. The summed E-state index contributed by atoms with van der Waals surface area (Å²) in [5.74, 6) is 1.09. The minimum Gasteiger partial charge on any atom is -0.493 e. The van der Waals surface area contributed by atoms with E-state index in [1.165, 1.54) is 17.7 Å². The van der Waals surface area contributed by atoms with Crippen LogP contribution in [0.5, 0.6) is 11.5 Å². The van der Waals surface area contributed by atoms with E-state index >= 15 is 0 Å². The van der Waals surface area contributed by atoms with Gasteiger partial charge in [0, 0.05) is 29.3 Å². The van der Waals surface area contributed by atoms with Crippen LogP contribution in [-0.4, -0.2) is 59.4 Å². The molecular weight excluding hydrogens is 481 g/mol. The highest BCUT2D eigenvalue weighted by molar-refractivity contribution is 7.92. The first-order chi connectivity index (χ1) is 17.3. The molecule has 5 rings (SSSR count). The Balaban J connectivity index is 1.49. The van der Waals surface area contributed by atoms with Crippen LogP contribution in [0.15, 0.2) is 70.6 Å². The first-order valence-corrected chi connectivity index (χ1v) is 13.2. The van der Waals surface area contributed by atoms with Crippen LogP contribution in [-0.2, 0) is 10.0 Å². The third-order valence-corrected chi connectivity index (χ3v) is 8.22. The van der Waals surface area contributed by atoms with Gasteiger partial charge in [-0.2, -0.15) is 0 Å². The zero-order valence-electron chi connectivity index (χ0n) is 20.4. The molecule has 2 aliphatic rings. The van der Waals surface area contributed by atoms with Crippen molar-refractivity contribution in [2.45, 2.75) is 23.3 Å². The molecule has 0 amide bonds. The van der Waals surface area contributed by atoms with Gasteiger partial charge in [-0.05, 0) is 74.1 Å². The molecule has 188 valence electrons. The number of hydrogen-bond donors (Lipinski definition) is 1. The van der Waals surface area contributed by atoms with Crippen molar-refractivity contribution in [2.75, 3.05) is 39.1 Å². The number of piperidine rings is 1. The summed E-state index contributed by atoms with van der Waals surface area (Å²) in [4.78, 5) is 7.48. The quantitative estimate of drug-likeness (QED) is 0.537. The molecule has 0 radical (unpaired) electrons. The lowest BCUT2D eigenvalue weighted by atomic mass is 9.79. The van der Waals surface area contributed by atoms with E-state index in [-0.39, 0.29) is 16.9 Å². The highest BCUT2D eigenvalue weighted by Crippen LogP contribution is 2.42. The predicted molar refractivity (Wildman–Crippen MR) is 137 cm³/mol. The van der Waals surface area contributed by atoms with Crippen molar-refractivity contribution >= 4 is 21.4 Å². The van der Waals surface area contributed by atoms with Gasteiger partial charge in [-0.15, -0.1) is 0 Å². The Bertz CT molecular complexity index is 1410. The van der Waals surface area contributed by atoms with E-state index in [1.54, 1.807) is 26.4 Å². The van der Waals surface area contributed by atoms with Crippen molar-refractivity contribution in [2.24, 2.45) is 4.99 Å². The molecule has 2 atom stereocenters. The maximum atomic E-state index is 13.2. The number of hydrogen-bond acceptors (Lipinski definition) is 6. The Morgan fingerprint density at radius 2 is 1.67 bits per heavy atom. The fourth-order valence-corrected chi connectivity index (χ4v) is 6.02. The average Bonchev–Trinajstić information content (AvgIpc) is 2.88. The van der Waals surface area contributed by atoms with E-state index in [4.69, 9.17) is 14.5 Å². The van der Waals surface area contributed by atoms with E-state index in [0.29, 0.717) is 17.2 Å². The number of rotatable bonds is 6. The largest absolute Gasteiger partial charge is 0.493 e. The van der Waals surface area contributed by atoms with Crippen LogP contribution in [0.3, 0.4) is 0 Å². The van der Waals surface area contributed by atoms with Gasteiger partial charge >= 0.3 is 0 Å². The first kappa shape index (κ1) is 24.3. The molecule has 2 aliphatic heterocycles. The van der Waals surface area contributed by atoms with Crippen molar-refractivity contribution in [3.8, 4) is 11.5 Å². The minimum absolute atomic E-state index is 0.00656. The molecule has 1 fully saturated rings. The summed E-state index contributed by atoms with van der Waals surface area (Å²) in [5, 5.41) is 0. The van der Waals surface area contributed by atoms with Crippen LogP contribution in [0.4, 0.5) is 10.1 Å². The van der Waals surface area contributed by atoms with Gasteiger partial charge in [0.2, 0.25) is 0 Å². The van der Waals surface area contributed by atoms with Crippen LogP contribution in [0, 0.1) is 5.82 Å². The van der Waals surface area contributed by atoms with E-state index in [2.05, 4.69) is 22.7 Å². The molecule has 9 heteroatoms. The lowest BCUT2D eigenvalue weighted by Gasteiger charge is -2.39. The van der Waals surface area contributed by atoms with Crippen LogP contribution >= 0.6 is 0 Å². The van der Waals surface area contributed by atoms with E-state index in [9.17, 15) is 12.8 Å². The van der Waals surface area contributed by atoms with Crippen molar-refractivity contribution < 1.29 is 22.3 Å². The lowest BCUT2D eigenvalue weighted by molar-refractivity contribution is 0.227. The SMILES string of the molecule is COc1cc2c(cc1OC)[C@H]1CN(C)CC[C@H]1N=C2c1ccc(NS(=O)(=O)c2ccc(F)cc2)cc1. The number of anilines is 1. The van der Waals surface area contributed by atoms with Crippen molar-refractivity contribution in [3.05, 3.63) is 83.2 Å². The predicted octanol–water partition coefficient (Wildman–Crippen LogP) is 4.28. The second kappa shape index (κ2) is 9.55. The Hall–Kier alpha value is -3.43. The standard InChI is InChI=1S/C27H28FN3O4S/c1-31-13-12-24-23(16-31)21-14-25(34-2)26(35-3)15-22(21)27(29-24)17-4-8-19(9-5-17)30-36(32,33)20-10-6-18(28)7-11-20/h4-11,14-15,23-24,30H,12-13,16H2,1-3H3/t23-,24-/m1/s1. The molecule has 2 heterocycles. The van der Waals surface area contributed by atoms with Gasteiger partial charge in [-0.1, -0.05) is 12.1 Å². The first-order valence-electron chi connectivity index (χ1n) is 11.7. The molecule has 36 heavy (non-hydrogen) atoms. The lowest BCUT2D eigenvalue weighted by Crippen LogP contribution is -2.41. The number of aliphatic imine (C=N–C) groups is 1. The zero-order chi connectivity index (χ0) is 25.4. The molecule has 1 N–H and O–H groups in total. The second-order valence-corrected chi connectivity index (χ2v) is 10.8. The summed E-state index contributed by atoms with van der Waals surface area (Å²) in [5.41, 5.74) is 4.30. The number of ether oxygens (including phenoxy) is 2. The molecule has 0 bridgehead atoms. The zero-order valence-corrected chi connectivity index (χ0v) is 21.2. The van der Waals surface area contributed by atoms with Gasteiger partial charge < -0.3 is 14.4 Å². The molecule has 0 aliphatic carbocycles. The van der Waals surface area contributed by atoms with Crippen molar-refractivity contribution in [1.29, 1.82) is 0 Å². The molecule has 3 aromatic carbocycles. The summed E-state index contributed by atoms with van der Waals surface area (Å²) < 4.78 is 52.3. The van der Waals surface area contributed by atoms with E-state index in [0.717, 1.165) is 48.5 Å². The number of methoxy groups -OCH3 is 2. The third kappa shape index (κ3) is 4.56. The van der Waals surface area contributed by atoms with E-state index in [1.807, 2.05) is 18.2 Å². The number of fused-ring (bicyclic) bond motifs is 3. The highest BCUT2D eigenvalue weighted by Gasteiger charge is 2.36. The van der Waals surface area contributed by atoms with Crippen LogP contribution < -0.4 is 14.2 Å². The number of sulfonamides is 1. The Morgan fingerprint density at radius 3 is 2.33 bits per heavy atom. The Labute approximate surface area is 210 Å². The summed E-state index contributed by atoms with van der Waals surface area (Å²) in [6.07, 6.45) is 0.952. The number of likely N-dealkylation sites (tertiary alicyclic amines) is 1. The van der Waals surface area contributed by atoms with Gasteiger partial charge in [0.05, 0.1) is 30.9 Å². The van der Waals surface area contributed by atoms with Gasteiger partial charge in [-0.25, -0.2) is 12.8 Å². The summed E-state index contributed by atoms with van der Waals surface area (Å²) >= 11 is 0. The summed E-state index contributed by atoms with van der Waals surface area (Å²) in [7, 11) is 1.54. The molecule has 0 spiro atoms. The molecular formula is C27H28FN3O4S. The number of likely N-dealkylation sites (N-methyl/N-ethyl adjacent to an activating group) is 1. The smallest absolute Gasteiger partial charge is 0.261 e. The maximum absolute atomic E-state index is 13.2. The summed E-state index contributed by atoms with van der Waals surface area (Å²) in [6.45, 7) is 1.89. The number of nitrogens with one attached hydrogen (secondary N) is 1.